The molecule has 0 unspecified atom stereocenters. The number of hydrazine groups is 1. The average molecular weight is 453 g/mol. The van der Waals surface area contributed by atoms with Crippen LogP contribution in [0.2, 0.25) is 0 Å². The Hall–Kier alpha value is -2.36. The number of unbranched alkanes of at least 4 members (excludes halogenated alkanes) is 14. The predicted molar refractivity (Wildman–Crippen MR) is 139 cm³/mol. The third kappa shape index (κ3) is 11.9. The van der Waals surface area contributed by atoms with Crippen molar-refractivity contribution in [2.75, 3.05) is 0 Å². The van der Waals surface area contributed by atoms with E-state index in [1.54, 1.807) is 6.07 Å². The van der Waals surface area contributed by atoms with Crippen LogP contribution in [0.3, 0.4) is 0 Å². The molecule has 4 heteroatoms. The van der Waals surface area contributed by atoms with Crippen molar-refractivity contribution in [3.63, 3.8) is 0 Å². The highest BCUT2D eigenvalue weighted by atomic mass is 16.2. The third-order valence-electron chi connectivity index (χ3n) is 6.33. The zero-order chi connectivity index (χ0) is 23.6. The van der Waals surface area contributed by atoms with Gasteiger partial charge in [-0.05, 0) is 29.3 Å². The van der Waals surface area contributed by atoms with Gasteiger partial charge in [0.15, 0.2) is 0 Å². The average Bonchev–Trinajstić information content (AvgIpc) is 2.84. The minimum absolute atomic E-state index is 0.126. The van der Waals surface area contributed by atoms with Gasteiger partial charge in [-0.3, -0.25) is 20.4 Å². The molecule has 0 aliphatic heterocycles. The summed E-state index contributed by atoms with van der Waals surface area (Å²) in [4.78, 5) is 24.3. The van der Waals surface area contributed by atoms with Gasteiger partial charge in [0.05, 0.1) is 0 Å². The van der Waals surface area contributed by atoms with Crippen LogP contribution in [0.15, 0.2) is 42.5 Å². The number of amides is 2. The summed E-state index contributed by atoms with van der Waals surface area (Å²) in [5, 5.41) is 2.10. The molecule has 0 bridgehead atoms. The standard InChI is InChI=1S/C29H44N2O2/c1-2-3-4-5-6-7-8-9-10-11-12-13-14-15-16-21-28(32)30-31-29(33)27-23-22-25-19-17-18-20-26(25)24-27/h17-20,22-24H,2-16,21H2,1H3,(H,30,32)(H,31,33). The molecule has 2 aromatic rings. The van der Waals surface area contributed by atoms with E-state index >= 15 is 0 Å². The first-order valence-electron chi connectivity index (χ1n) is 13.3. The van der Waals surface area contributed by atoms with Gasteiger partial charge in [-0.15, -0.1) is 0 Å². The van der Waals surface area contributed by atoms with Crippen molar-refractivity contribution in [2.24, 2.45) is 0 Å². The van der Waals surface area contributed by atoms with Crippen LogP contribution in [0.5, 0.6) is 0 Å². The lowest BCUT2D eigenvalue weighted by Crippen LogP contribution is -2.41. The van der Waals surface area contributed by atoms with Crippen molar-refractivity contribution < 1.29 is 9.59 Å². The molecule has 0 aromatic heterocycles. The summed E-state index contributed by atoms with van der Waals surface area (Å²) < 4.78 is 0. The van der Waals surface area contributed by atoms with Crippen molar-refractivity contribution in [2.45, 2.75) is 110 Å². The topological polar surface area (TPSA) is 58.2 Å². The highest BCUT2D eigenvalue weighted by molar-refractivity contribution is 5.99. The second-order valence-electron chi connectivity index (χ2n) is 9.26. The Morgan fingerprint density at radius 3 is 1.70 bits per heavy atom. The first-order chi connectivity index (χ1) is 16.2. The Morgan fingerprint density at radius 1 is 0.606 bits per heavy atom. The van der Waals surface area contributed by atoms with E-state index in [4.69, 9.17) is 0 Å². The highest BCUT2D eigenvalue weighted by Gasteiger charge is 2.08. The first-order valence-corrected chi connectivity index (χ1v) is 13.3. The van der Waals surface area contributed by atoms with E-state index in [2.05, 4.69) is 17.8 Å². The first kappa shape index (κ1) is 26.9. The fourth-order valence-corrected chi connectivity index (χ4v) is 4.25. The van der Waals surface area contributed by atoms with E-state index < -0.39 is 0 Å². The predicted octanol–water partition coefficient (Wildman–Crippen LogP) is 7.86. The Morgan fingerprint density at radius 2 is 1.12 bits per heavy atom. The molecule has 0 aliphatic carbocycles. The molecule has 0 spiro atoms. The molecule has 4 nitrogen and oxygen atoms in total. The number of hydrogen-bond acceptors (Lipinski definition) is 2. The van der Waals surface area contributed by atoms with E-state index in [9.17, 15) is 9.59 Å². The largest absolute Gasteiger partial charge is 0.273 e. The van der Waals surface area contributed by atoms with Crippen LogP contribution in [0.25, 0.3) is 10.8 Å². The van der Waals surface area contributed by atoms with Gasteiger partial charge in [0.25, 0.3) is 5.91 Å². The van der Waals surface area contributed by atoms with Crippen molar-refractivity contribution in [3.05, 3.63) is 48.0 Å². The van der Waals surface area contributed by atoms with E-state index in [0.29, 0.717) is 12.0 Å². The lowest BCUT2D eigenvalue weighted by Gasteiger charge is -2.08. The summed E-state index contributed by atoms with van der Waals surface area (Å²) in [6.07, 6.45) is 20.1. The Labute approximate surface area is 200 Å². The molecule has 0 heterocycles. The van der Waals surface area contributed by atoms with Crippen LogP contribution in [0.1, 0.15) is 120 Å². The van der Waals surface area contributed by atoms with E-state index in [-0.39, 0.29) is 11.8 Å². The smallest absolute Gasteiger partial charge is 0.269 e. The minimum Gasteiger partial charge on any atom is -0.273 e. The van der Waals surface area contributed by atoms with Crippen molar-refractivity contribution >= 4 is 22.6 Å². The van der Waals surface area contributed by atoms with E-state index in [1.165, 1.54) is 83.5 Å². The third-order valence-corrected chi connectivity index (χ3v) is 6.33. The van der Waals surface area contributed by atoms with Gasteiger partial charge in [-0.2, -0.15) is 0 Å². The fourth-order valence-electron chi connectivity index (χ4n) is 4.25. The summed E-state index contributed by atoms with van der Waals surface area (Å²) in [6, 6.07) is 13.4. The number of nitrogens with one attached hydrogen (secondary N) is 2. The van der Waals surface area contributed by atoms with Crippen LogP contribution in [0.4, 0.5) is 0 Å². The summed E-state index contributed by atoms with van der Waals surface area (Å²) in [5.41, 5.74) is 5.61. The summed E-state index contributed by atoms with van der Waals surface area (Å²) in [6.45, 7) is 2.27. The van der Waals surface area contributed by atoms with Gasteiger partial charge in [0.1, 0.15) is 0 Å². The van der Waals surface area contributed by atoms with Gasteiger partial charge in [-0.1, -0.05) is 127 Å². The van der Waals surface area contributed by atoms with Gasteiger partial charge in [0, 0.05) is 12.0 Å². The Bertz CT molecular complexity index is 818. The second-order valence-corrected chi connectivity index (χ2v) is 9.26. The molecule has 2 rings (SSSR count). The highest BCUT2D eigenvalue weighted by Crippen LogP contribution is 2.16. The molecule has 33 heavy (non-hydrogen) atoms. The van der Waals surface area contributed by atoms with Gasteiger partial charge in [-0.25, -0.2) is 0 Å². The molecule has 0 saturated carbocycles. The fraction of sp³-hybridized carbons (Fsp3) is 0.586. The summed E-state index contributed by atoms with van der Waals surface area (Å²) >= 11 is 0. The lowest BCUT2D eigenvalue weighted by atomic mass is 10.0. The summed E-state index contributed by atoms with van der Waals surface area (Å²) in [7, 11) is 0. The van der Waals surface area contributed by atoms with Crippen LogP contribution >= 0.6 is 0 Å². The Balaban J connectivity index is 1.41. The lowest BCUT2D eigenvalue weighted by molar-refractivity contribution is -0.122. The molecule has 0 saturated heterocycles. The molecule has 0 radical (unpaired) electrons. The molecule has 0 fully saturated rings. The van der Waals surface area contributed by atoms with Crippen LogP contribution in [-0.2, 0) is 4.79 Å². The molecular formula is C29H44N2O2. The molecule has 0 aliphatic rings. The van der Waals surface area contributed by atoms with E-state index in [0.717, 1.165) is 23.6 Å². The molecule has 2 N–H and O–H groups in total. The van der Waals surface area contributed by atoms with Gasteiger partial charge >= 0.3 is 0 Å². The minimum atomic E-state index is -0.286. The van der Waals surface area contributed by atoms with Gasteiger partial charge in [0.2, 0.25) is 5.91 Å². The Kier molecular flexibility index (Phi) is 14.0. The number of benzene rings is 2. The monoisotopic (exact) mass is 452 g/mol. The van der Waals surface area contributed by atoms with Crippen LogP contribution in [-0.4, -0.2) is 11.8 Å². The van der Waals surface area contributed by atoms with Gasteiger partial charge < -0.3 is 0 Å². The van der Waals surface area contributed by atoms with Crippen molar-refractivity contribution in [1.29, 1.82) is 0 Å². The number of rotatable bonds is 17. The maximum absolute atomic E-state index is 12.3. The maximum atomic E-state index is 12.3. The zero-order valence-electron chi connectivity index (χ0n) is 20.7. The number of carbonyl (C=O) groups is 2. The van der Waals surface area contributed by atoms with Crippen molar-refractivity contribution in [1.82, 2.24) is 10.9 Å². The second kappa shape index (κ2) is 17.2. The van der Waals surface area contributed by atoms with Crippen molar-refractivity contribution in [3.8, 4) is 0 Å². The number of fused-ring (bicyclic) bond motifs is 1. The zero-order valence-corrected chi connectivity index (χ0v) is 20.7. The molecule has 2 amide bonds. The van der Waals surface area contributed by atoms with Crippen LogP contribution < -0.4 is 10.9 Å². The quantitative estimate of drug-likeness (QED) is 0.189. The number of carbonyl (C=O) groups excluding carboxylic acids is 2. The molecule has 0 atom stereocenters. The summed E-state index contributed by atoms with van der Waals surface area (Å²) in [5.74, 6) is -0.413. The maximum Gasteiger partial charge on any atom is 0.269 e. The van der Waals surface area contributed by atoms with Crippen LogP contribution in [0, 0.1) is 0 Å². The molecule has 182 valence electrons. The molecule has 2 aromatic carbocycles. The van der Waals surface area contributed by atoms with E-state index in [1.807, 2.05) is 36.4 Å². The molecular weight excluding hydrogens is 408 g/mol. The number of hydrogen-bond donors (Lipinski definition) is 2. The SMILES string of the molecule is CCCCCCCCCCCCCCCCCC(=O)NNC(=O)c1ccc2ccccc2c1. The normalized spacial score (nSPS) is 10.9.